The van der Waals surface area contributed by atoms with Crippen molar-refractivity contribution in [2.45, 2.75) is 32.2 Å². The topological polar surface area (TPSA) is 68.0 Å². The summed E-state index contributed by atoms with van der Waals surface area (Å²) in [6.45, 7) is 0.935. The number of carboxylic acid groups (broad SMARTS) is 1. The van der Waals surface area contributed by atoms with Gasteiger partial charge in [-0.1, -0.05) is 6.07 Å². The number of nitrogens with zero attached hydrogens (tertiary/aromatic N) is 3. The molecule has 0 atom stereocenters. The lowest BCUT2D eigenvalue weighted by molar-refractivity contribution is -0.137. The molecule has 5 heteroatoms. The van der Waals surface area contributed by atoms with Crippen LogP contribution in [-0.4, -0.2) is 25.6 Å². The van der Waals surface area contributed by atoms with Crippen LogP contribution in [0.2, 0.25) is 0 Å². The van der Waals surface area contributed by atoms with E-state index in [1.54, 1.807) is 6.20 Å². The van der Waals surface area contributed by atoms with E-state index in [2.05, 4.69) is 14.5 Å². The number of aromatic nitrogens is 3. The second-order valence-electron chi connectivity index (χ2n) is 4.69. The number of rotatable bonds is 4. The maximum Gasteiger partial charge on any atom is 0.303 e. The van der Waals surface area contributed by atoms with Crippen LogP contribution in [0, 0.1) is 0 Å². The molecule has 3 heterocycles. The van der Waals surface area contributed by atoms with Gasteiger partial charge in [0.25, 0.3) is 0 Å². The largest absolute Gasteiger partial charge is 0.481 e. The van der Waals surface area contributed by atoms with Gasteiger partial charge in [-0.2, -0.15) is 0 Å². The lowest BCUT2D eigenvalue weighted by Gasteiger charge is -2.01. The summed E-state index contributed by atoms with van der Waals surface area (Å²) in [6.07, 6.45) is 4.45. The van der Waals surface area contributed by atoms with E-state index in [4.69, 9.17) is 5.11 Å². The molecule has 0 spiro atoms. The summed E-state index contributed by atoms with van der Waals surface area (Å²) in [4.78, 5) is 19.7. The maximum absolute atomic E-state index is 10.7. The summed E-state index contributed by atoms with van der Waals surface area (Å²) in [5, 5.41) is 8.80. The van der Waals surface area contributed by atoms with E-state index in [-0.39, 0.29) is 6.42 Å². The Balaban J connectivity index is 1.98. The zero-order chi connectivity index (χ0) is 13.2. The Labute approximate surface area is 110 Å². The Hall–Kier alpha value is -2.17. The number of imidazole rings is 1. The molecule has 5 nitrogen and oxygen atoms in total. The van der Waals surface area contributed by atoms with Crippen LogP contribution < -0.4 is 0 Å². The number of hydrogen-bond donors (Lipinski definition) is 1. The third kappa shape index (κ3) is 2.23. The number of carbonyl (C=O) groups is 1. The van der Waals surface area contributed by atoms with Crippen LogP contribution in [0.5, 0.6) is 0 Å². The molecule has 0 radical (unpaired) electrons. The van der Waals surface area contributed by atoms with Gasteiger partial charge in [-0.15, -0.1) is 0 Å². The highest BCUT2D eigenvalue weighted by Crippen LogP contribution is 2.28. The second kappa shape index (κ2) is 4.84. The average molecular weight is 257 g/mol. The second-order valence-corrected chi connectivity index (χ2v) is 4.69. The molecule has 0 unspecified atom stereocenters. The van der Waals surface area contributed by atoms with Crippen molar-refractivity contribution >= 4 is 5.97 Å². The molecule has 1 aliphatic rings. The maximum atomic E-state index is 10.7. The van der Waals surface area contributed by atoms with Crippen LogP contribution in [0.4, 0.5) is 0 Å². The van der Waals surface area contributed by atoms with Crippen LogP contribution in [0.25, 0.3) is 11.4 Å². The van der Waals surface area contributed by atoms with Crippen molar-refractivity contribution in [2.75, 3.05) is 0 Å². The van der Waals surface area contributed by atoms with E-state index in [9.17, 15) is 4.79 Å². The molecule has 0 amide bonds. The molecule has 98 valence electrons. The predicted molar refractivity (Wildman–Crippen MR) is 69.7 cm³/mol. The first kappa shape index (κ1) is 11.9. The van der Waals surface area contributed by atoms with E-state index in [1.165, 1.54) is 5.69 Å². The molecule has 1 aliphatic heterocycles. The van der Waals surface area contributed by atoms with E-state index in [0.29, 0.717) is 6.42 Å². The van der Waals surface area contributed by atoms with E-state index in [0.717, 1.165) is 36.6 Å². The van der Waals surface area contributed by atoms with Gasteiger partial charge in [0.1, 0.15) is 11.5 Å². The molecule has 0 bridgehead atoms. The zero-order valence-corrected chi connectivity index (χ0v) is 10.5. The van der Waals surface area contributed by atoms with E-state index < -0.39 is 5.97 Å². The Morgan fingerprint density at radius 2 is 2.32 bits per heavy atom. The summed E-state index contributed by atoms with van der Waals surface area (Å²) in [5.41, 5.74) is 2.98. The van der Waals surface area contributed by atoms with Gasteiger partial charge in [0.05, 0.1) is 12.1 Å². The third-order valence-electron chi connectivity index (χ3n) is 3.42. The van der Waals surface area contributed by atoms with Crippen molar-refractivity contribution in [3.05, 3.63) is 35.9 Å². The Kier molecular flexibility index (Phi) is 3.03. The quantitative estimate of drug-likeness (QED) is 0.908. The number of aliphatic carboxylic acids is 1. The molecule has 0 saturated heterocycles. The third-order valence-corrected chi connectivity index (χ3v) is 3.42. The summed E-state index contributed by atoms with van der Waals surface area (Å²) >= 11 is 0. The van der Waals surface area contributed by atoms with Crippen molar-refractivity contribution in [1.82, 2.24) is 14.5 Å². The fourth-order valence-electron chi connectivity index (χ4n) is 2.58. The number of pyridine rings is 1. The van der Waals surface area contributed by atoms with Gasteiger partial charge >= 0.3 is 5.97 Å². The van der Waals surface area contributed by atoms with Crippen molar-refractivity contribution in [3.8, 4) is 11.4 Å². The van der Waals surface area contributed by atoms with Gasteiger partial charge in [-0.3, -0.25) is 9.78 Å². The van der Waals surface area contributed by atoms with Gasteiger partial charge in [-0.05, 0) is 25.0 Å². The first-order valence-electron chi connectivity index (χ1n) is 6.47. The number of hydrogen-bond acceptors (Lipinski definition) is 3. The average Bonchev–Trinajstić information content (AvgIpc) is 2.99. The molecule has 2 aromatic rings. The van der Waals surface area contributed by atoms with E-state index in [1.807, 2.05) is 18.2 Å². The minimum absolute atomic E-state index is 0.123. The highest BCUT2D eigenvalue weighted by molar-refractivity contribution is 5.67. The molecular formula is C14H15N3O2. The summed E-state index contributed by atoms with van der Waals surface area (Å²) in [5.74, 6) is 0.0882. The zero-order valence-electron chi connectivity index (χ0n) is 10.5. The molecule has 1 N–H and O–H groups in total. The summed E-state index contributed by atoms with van der Waals surface area (Å²) < 4.78 is 2.16. The van der Waals surface area contributed by atoms with Crippen LogP contribution >= 0.6 is 0 Å². The van der Waals surface area contributed by atoms with Crippen molar-refractivity contribution < 1.29 is 9.90 Å². The normalized spacial score (nSPS) is 13.5. The summed E-state index contributed by atoms with van der Waals surface area (Å²) in [6, 6.07) is 5.77. The molecule has 0 fully saturated rings. The van der Waals surface area contributed by atoms with Gasteiger partial charge in [0, 0.05) is 24.9 Å². The fourth-order valence-corrected chi connectivity index (χ4v) is 2.58. The number of carboxylic acids is 1. The number of aryl methyl sites for hydroxylation is 1. The van der Waals surface area contributed by atoms with Gasteiger partial charge < -0.3 is 9.67 Å². The standard InChI is InChI=1S/C14H15N3O2/c18-13(19)7-6-12-16-14(10-4-1-2-8-15-10)11-5-3-9-17(11)12/h1-2,4,8H,3,5-7,9H2,(H,18,19). The van der Waals surface area contributed by atoms with Gasteiger partial charge in [0.15, 0.2) is 0 Å². The van der Waals surface area contributed by atoms with Crippen LogP contribution in [0.15, 0.2) is 24.4 Å². The molecular weight excluding hydrogens is 242 g/mol. The Morgan fingerprint density at radius 3 is 3.05 bits per heavy atom. The lowest BCUT2D eigenvalue weighted by Crippen LogP contribution is -2.04. The molecule has 3 rings (SSSR count). The first-order chi connectivity index (χ1) is 9.25. The first-order valence-corrected chi connectivity index (χ1v) is 6.47. The summed E-state index contributed by atoms with van der Waals surface area (Å²) in [7, 11) is 0. The van der Waals surface area contributed by atoms with Crippen LogP contribution in [-0.2, 0) is 24.2 Å². The lowest BCUT2D eigenvalue weighted by atomic mass is 10.2. The van der Waals surface area contributed by atoms with Crippen LogP contribution in [0.1, 0.15) is 24.4 Å². The molecule has 0 saturated carbocycles. The van der Waals surface area contributed by atoms with Crippen molar-refractivity contribution in [1.29, 1.82) is 0 Å². The minimum Gasteiger partial charge on any atom is -0.481 e. The molecule has 0 aromatic carbocycles. The SMILES string of the molecule is O=C(O)CCc1nc(-c2ccccn2)c2n1CCC2. The van der Waals surface area contributed by atoms with E-state index >= 15 is 0 Å². The fraction of sp³-hybridized carbons (Fsp3) is 0.357. The van der Waals surface area contributed by atoms with Crippen molar-refractivity contribution in [3.63, 3.8) is 0 Å². The van der Waals surface area contributed by atoms with Crippen molar-refractivity contribution in [2.24, 2.45) is 0 Å². The highest BCUT2D eigenvalue weighted by atomic mass is 16.4. The molecule has 0 aliphatic carbocycles. The molecule has 2 aromatic heterocycles. The monoisotopic (exact) mass is 257 g/mol. The smallest absolute Gasteiger partial charge is 0.303 e. The predicted octanol–water partition coefficient (Wildman–Crippen LogP) is 1.91. The Bertz CT molecular complexity index is 605. The molecule has 19 heavy (non-hydrogen) atoms. The Morgan fingerprint density at radius 1 is 1.42 bits per heavy atom. The van der Waals surface area contributed by atoms with Crippen LogP contribution in [0.3, 0.4) is 0 Å². The van der Waals surface area contributed by atoms with Gasteiger partial charge in [0.2, 0.25) is 0 Å². The van der Waals surface area contributed by atoms with Gasteiger partial charge in [-0.25, -0.2) is 4.98 Å². The highest BCUT2D eigenvalue weighted by Gasteiger charge is 2.22. The minimum atomic E-state index is -0.783. The number of fused-ring (bicyclic) bond motifs is 1.